The van der Waals surface area contributed by atoms with Crippen LogP contribution in [-0.4, -0.2) is 37.6 Å². The van der Waals surface area contributed by atoms with E-state index in [1.165, 1.54) is 38.6 Å². The first-order chi connectivity index (χ1) is 13.4. The van der Waals surface area contributed by atoms with Gasteiger partial charge in [-0.3, -0.25) is 0 Å². The molecule has 3 aromatic rings. The van der Waals surface area contributed by atoms with Gasteiger partial charge in [-0.05, 0) is 24.6 Å². The van der Waals surface area contributed by atoms with Crippen molar-refractivity contribution in [2.24, 2.45) is 0 Å². The Bertz CT molecular complexity index is 1140. The summed E-state index contributed by atoms with van der Waals surface area (Å²) >= 11 is 0. The van der Waals surface area contributed by atoms with Crippen molar-refractivity contribution < 1.29 is 22.3 Å². The van der Waals surface area contributed by atoms with Gasteiger partial charge in [0.1, 0.15) is 10.7 Å². The summed E-state index contributed by atoms with van der Waals surface area (Å²) in [5.41, 5.74) is 0.792. The Labute approximate surface area is 160 Å². The number of benzene rings is 1. The number of halogens is 1. The molecule has 0 unspecified atom stereocenters. The fourth-order valence-electron chi connectivity index (χ4n) is 2.69. The van der Waals surface area contributed by atoms with Crippen molar-refractivity contribution in [2.75, 3.05) is 18.9 Å². The highest BCUT2D eigenvalue weighted by molar-refractivity contribution is 7.93. The average molecular weight is 405 g/mol. The zero-order valence-corrected chi connectivity index (χ0v) is 15.8. The van der Waals surface area contributed by atoms with E-state index >= 15 is 0 Å². The minimum Gasteiger partial charge on any atom is -0.481 e. The average Bonchev–Trinajstić information content (AvgIpc) is 3.09. The van der Waals surface area contributed by atoms with Crippen molar-refractivity contribution in [3.63, 3.8) is 0 Å². The number of nitriles is 1. The third-order valence-corrected chi connectivity index (χ3v) is 5.29. The maximum Gasteiger partial charge on any atom is 0.266 e. The molecule has 0 aliphatic carbocycles. The number of hydrogen-bond donors (Lipinski definition) is 2. The van der Waals surface area contributed by atoms with Crippen LogP contribution in [0.15, 0.2) is 29.3 Å². The Hall–Kier alpha value is -3.39. The molecular formula is C17H16FN5O4S. The molecule has 0 amide bonds. The van der Waals surface area contributed by atoms with Crippen molar-refractivity contribution in [3.8, 4) is 17.8 Å². The number of rotatable bonds is 7. The maximum absolute atomic E-state index is 13.3. The van der Waals surface area contributed by atoms with E-state index in [-0.39, 0.29) is 35.4 Å². The number of ether oxygens (including phenoxy) is 2. The van der Waals surface area contributed by atoms with Crippen LogP contribution >= 0.6 is 0 Å². The van der Waals surface area contributed by atoms with Gasteiger partial charge in [-0.15, -0.1) is 0 Å². The molecule has 28 heavy (non-hydrogen) atoms. The van der Waals surface area contributed by atoms with Crippen LogP contribution in [0.1, 0.15) is 12.0 Å². The largest absolute Gasteiger partial charge is 0.481 e. The summed E-state index contributed by atoms with van der Waals surface area (Å²) in [6.45, 7) is 0. The highest BCUT2D eigenvalue weighted by atomic mass is 32.2. The summed E-state index contributed by atoms with van der Waals surface area (Å²) in [6.07, 6.45) is 1.72. The van der Waals surface area contributed by atoms with Crippen LogP contribution in [-0.2, 0) is 16.4 Å². The standard InChI is InChI=1S/C17H16FN5O4S/c1-26-15-12(4-3-7-19)16(27-2)22-17(21-15)23-28(24,25)14-9-20-13-8-10(18)5-6-11(13)14/h5-6,8-9,20H,3-4H2,1-2H3,(H,21,22,23). The molecule has 9 nitrogen and oxygen atoms in total. The molecule has 0 fully saturated rings. The molecule has 0 radical (unpaired) electrons. The quantitative estimate of drug-likeness (QED) is 0.617. The second kappa shape index (κ2) is 7.69. The molecule has 146 valence electrons. The Morgan fingerprint density at radius 3 is 2.54 bits per heavy atom. The smallest absolute Gasteiger partial charge is 0.266 e. The summed E-state index contributed by atoms with van der Waals surface area (Å²) in [5, 5.41) is 9.10. The van der Waals surface area contributed by atoms with Crippen LogP contribution in [0.5, 0.6) is 11.8 Å². The van der Waals surface area contributed by atoms with Crippen LogP contribution in [0.25, 0.3) is 10.9 Å². The van der Waals surface area contributed by atoms with E-state index < -0.39 is 15.8 Å². The van der Waals surface area contributed by atoms with E-state index in [2.05, 4.69) is 19.7 Å². The zero-order chi connectivity index (χ0) is 20.3. The van der Waals surface area contributed by atoms with Crippen molar-refractivity contribution in [3.05, 3.63) is 35.8 Å². The molecule has 2 heterocycles. The SMILES string of the molecule is COc1nc(NS(=O)(=O)c2c[nH]c3cc(F)ccc23)nc(OC)c1CCC#N. The first-order valence-electron chi connectivity index (χ1n) is 8.05. The lowest BCUT2D eigenvalue weighted by molar-refractivity contribution is 0.364. The van der Waals surface area contributed by atoms with Crippen molar-refractivity contribution in [2.45, 2.75) is 17.7 Å². The highest BCUT2D eigenvalue weighted by Crippen LogP contribution is 2.30. The molecule has 2 aromatic heterocycles. The van der Waals surface area contributed by atoms with E-state index in [1.807, 2.05) is 6.07 Å². The van der Waals surface area contributed by atoms with E-state index in [9.17, 15) is 12.8 Å². The summed E-state index contributed by atoms with van der Waals surface area (Å²) in [4.78, 5) is 10.8. The Kier molecular flexibility index (Phi) is 5.32. The number of methoxy groups -OCH3 is 2. The number of H-pyrrole nitrogens is 1. The van der Waals surface area contributed by atoms with Gasteiger partial charge in [0.2, 0.25) is 17.7 Å². The fourth-order valence-corrected chi connectivity index (χ4v) is 3.81. The number of nitrogens with zero attached hydrogens (tertiary/aromatic N) is 3. The number of aromatic amines is 1. The summed E-state index contributed by atoms with van der Waals surface area (Å²) in [6, 6.07) is 5.73. The predicted molar refractivity (Wildman–Crippen MR) is 98.1 cm³/mol. The summed E-state index contributed by atoms with van der Waals surface area (Å²) < 4.78 is 51.6. The van der Waals surface area contributed by atoms with Gasteiger partial charge in [0.25, 0.3) is 10.0 Å². The van der Waals surface area contributed by atoms with Gasteiger partial charge in [-0.1, -0.05) is 0 Å². The predicted octanol–water partition coefficient (Wildman–Crippen LogP) is 2.37. The van der Waals surface area contributed by atoms with Crippen LogP contribution in [0.4, 0.5) is 10.3 Å². The molecule has 0 saturated carbocycles. The second-order valence-electron chi connectivity index (χ2n) is 5.65. The van der Waals surface area contributed by atoms with E-state index in [0.717, 1.165) is 0 Å². The summed E-state index contributed by atoms with van der Waals surface area (Å²) in [5.74, 6) is -0.551. The van der Waals surface area contributed by atoms with Gasteiger partial charge in [0.05, 0.1) is 25.9 Å². The molecule has 1 aromatic carbocycles. The number of nitrogens with one attached hydrogen (secondary N) is 2. The third-order valence-electron chi connectivity index (χ3n) is 3.93. The van der Waals surface area contributed by atoms with Gasteiger partial charge in [-0.2, -0.15) is 15.2 Å². The van der Waals surface area contributed by atoms with Crippen LogP contribution < -0.4 is 14.2 Å². The number of aromatic nitrogens is 3. The fraction of sp³-hybridized carbons (Fsp3) is 0.235. The molecule has 0 saturated heterocycles. The third kappa shape index (κ3) is 3.67. The van der Waals surface area contributed by atoms with E-state index in [0.29, 0.717) is 16.5 Å². The lowest BCUT2D eigenvalue weighted by atomic mass is 10.2. The number of sulfonamides is 1. The molecule has 0 bridgehead atoms. The van der Waals surface area contributed by atoms with Crippen molar-refractivity contribution >= 4 is 26.9 Å². The molecule has 0 atom stereocenters. The zero-order valence-electron chi connectivity index (χ0n) is 15.0. The molecule has 3 rings (SSSR count). The van der Waals surface area contributed by atoms with Crippen molar-refractivity contribution in [1.29, 1.82) is 5.26 Å². The summed E-state index contributed by atoms with van der Waals surface area (Å²) in [7, 11) is -1.35. The van der Waals surface area contributed by atoms with Gasteiger partial charge >= 0.3 is 0 Å². The molecule has 0 spiro atoms. The first-order valence-corrected chi connectivity index (χ1v) is 9.53. The van der Waals surface area contributed by atoms with Crippen molar-refractivity contribution in [1.82, 2.24) is 15.0 Å². The molecule has 0 aliphatic rings. The van der Waals surface area contributed by atoms with Gasteiger partial charge < -0.3 is 14.5 Å². The highest BCUT2D eigenvalue weighted by Gasteiger charge is 2.23. The number of hydrogen-bond acceptors (Lipinski definition) is 7. The van der Waals surface area contributed by atoms with Gasteiger partial charge in [0, 0.05) is 23.5 Å². The molecule has 2 N–H and O–H groups in total. The number of anilines is 1. The minimum atomic E-state index is -4.08. The molecule has 0 aliphatic heterocycles. The lowest BCUT2D eigenvalue weighted by Gasteiger charge is -2.13. The van der Waals surface area contributed by atoms with Gasteiger partial charge in [0.15, 0.2) is 0 Å². The monoisotopic (exact) mass is 405 g/mol. The molecular weight excluding hydrogens is 389 g/mol. The van der Waals surface area contributed by atoms with E-state index in [4.69, 9.17) is 14.7 Å². The first kappa shape index (κ1) is 19.4. The topological polar surface area (TPSA) is 130 Å². The van der Waals surface area contributed by atoms with Crippen LogP contribution in [0.2, 0.25) is 0 Å². The van der Waals surface area contributed by atoms with Crippen LogP contribution in [0.3, 0.4) is 0 Å². The maximum atomic E-state index is 13.3. The second-order valence-corrected chi connectivity index (χ2v) is 7.30. The minimum absolute atomic E-state index is 0.0856. The molecule has 11 heteroatoms. The Balaban J connectivity index is 2.00. The van der Waals surface area contributed by atoms with Gasteiger partial charge in [-0.25, -0.2) is 17.5 Å². The normalized spacial score (nSPS) is 11.2. The Morgan fingerprint density at radius 1 is 1.25 bits per heavy atom. The Morgan fingerprint density at radius 2 is 1.93 bits per heavy atom. The number of fused-ring (bicyclic) bond motifs is 1. The van der Waals surface area contributed by atoms with E-state index in [1.54, 1.807) is 0 Å². The lowest BCUT2D eigenvalue weighted by Crippen LogP contribution is -2.16. The van der Waals surface area contributed by atoms with Crippen LogP contribution in [0, 0.1) is 17.1 Å².